The van der Waals surface area contributed by atoms with Gasteiger partial charge < -0.3 is 4.52 Å². The maximum absolute atomic E-state index is 4.99. The highest BCUT2D eigenvalue weighted by atomic mass is 16.5. The van der Waals surface area contributed by atoms with Crippen molar-refractivity contribution in [3.8, 4) is 11.7 Å². The summed E-state index contributed by atoms with van der Waals surface area (Å²) < 4.78 is 4.99. The van der Waals surface area contributed by atoms with E-state index in [9.17, 15) is 0 Å². The molecule has 14 heavy (non-hydrogen) atoms. The second-order valence-electron chi connectivity index (χ2n) is 3.91. The zero-order valence-electron chi connectivity index (χ0n) is 8.14. The Morgan fingerprint density at radius 1 is 1.29 bits per heavy atom. The quantitative estimate of drug-likeness (QED) is 0.712. The smallest absolute Gasteiger partial charge is 0.299 e. The number of rotatable bonds is 1. The van der Waals surface area contributed by atoms with Gasteiger partial charge in [-0.05, 0) is 5.21 Å². The van der Waals surface area contributed by atoms with Crippen LogP contribution in [-0.2, 0) is 5.41 Å². The molecule has 0 aliphatic carbocycles. The second-order valence-corrected chi connectivity index (χ2v) is 3.91. The molecule has 7 nitrogen and oxygen atoms in total. The maximum Gasteiger partial charge on any atom is 0.299 e. The number of aromatic nitrogens is 6. The van der Waals surface area contributed by atoms with Crippen molar-refractivity contribution in [2.24, 2.45) is 0 Å². The third-order valence-electron chi connectivity index (χ3n) is 1.63. The zero-order valence-corrected chi connectivity index (χ0v) is 8.14. The molecule has 2 aromatic heterocycles. The first-order valence-electron chi connectivity index (χ1n) is 4.15. The summed E-state index contributed by atoms with van der Waals surface area (Å²) in [4.78, 5) is 4.16. The van der Waals surface area contributed by atoms with Crippen LogP contribution in [-0.4, -0.2) is 30.8 Å². The van der Waals surface area contributed by atoms with Crippen LogP contribution in [0.3, 0.4) is 0 Å². The molecule has 7 heteroatoms. The molecule has 0 aliphatic heterocycles. The standard InChI is InChI=1S/C7H10N6O/c1-7(2,3)6-8-5(14-11-6)4-9-12-13-10-4/h1-3H3,(H,9,10,12,13). The van der Waals surface area contributed by atoms with Crippen LogP contribution >= 0.6 is 0 Å². The Bertz CT molecular complexity index is 412. The summed E-state index contributed by atoms with van der Waals surface area (Å²) in [6.45, 7) is 5.99. The van der Waals surface area contributed by atoms with Gasteiger partial charge in [0.1, 0.15) is 0 Å². The molecule has 0 amide bonds. The van der Waals surface area contributed by atoms with Gasteiger partial charge in [-0.1, -0.05) is 25.9 Å². The summed E-state index contributed by atoms with van der Waals surface area (Å²) in [5.41, 5.74) is -0.147. The van der Waals surface area contributed by atoms with Crippen LogP contribution < -0.4 is 0 Å². The van der Waals surface area contributed by atoms with Crippen molar-refractivity contribution in [2.45, 2.75) is 26.2 Å². The summed E-state index contributed by atoms with van der Waals surface area (Å²) in [7, 11) is 0. The SMILES string of the molecule is CC(C)(C)c1noc(-c2nn[nH]n2)n1. The predicted octanol–water partition coefficient (Wildman–Crippen LogP) is 0.547. The third-order valence-corrected chi connectivity index (χ3v) is 1.63. The van der Waals surface area contributed by atoms with Crippen LogP contribution in [0.2, 0.25) is 0 Å². The minimum absolute atomic E-state index is 0.147. The Balaban J connectivity index is 2.36. The number of hydrogen-bond acceptors (Lipinski definition) is 6. The Labute approximate surface area is 79.9 Å². The number of hydrogen-bond donors (Lipinski definition) is 1. The molecule has 2 rings (SSSR count). The number of nitrogens with zero attached hydrogens (tertiary/aromatic N) is 5. The van der Waals surface area contributed by atoms with E-state index in [0.29, 0.717) is 11.6 Å². The van der Waals surface area contributed by atoms with Crippen LogP contribution in [0.25, 0.3) is 11.7 Å². The molecule has 0 unspecified atom stereocenters. The Morgan fingerprint density at radius 3 is 2.57 bits per heavy atom. The van der Waals surface area contributed by atoms with Crippen molar-refractivity contribution in [3.05, 3.63) is 5.82 Å². The molecule has 2 aromatic rings. The van der Waals surface area contributed by atoms with Gasteiger partial charge >= 0.3 is 0 Å². The molecule has 0 aromatic carbocycles. The van der Waals surface area contributed by atoms with Gasteiger partial charge in [0.25, 0.3) is 11.7 Å². The fraction of sp³-hybridized carbons (Fsp3) is 0.571. The molecular formula is C7H10N6O. The van der Waals surface area contributed by atoms with Gasteiger partial charge in [-0.15, -0.1) is 10.2 Å². The largest absolute Gasteiger partial charge is 0.330 e. The number of H-pyrrole nitrogens is 1. The summed E-state index contributed by atoms with van der Waals surface area (Å²) in [6.07, 6.45) is 0. The average Bonchev–Trinajstić information content (AvgIpc) is 2.73. The Hall–Kier alpha value is -1.79. The number of aromatic amines is 1. The molecule has 0 atom stereocenters. The van der Waals surface area contributed by atoms with Crippen LogP contribution in [0.5, 0.6) is 0 Å². The topological polar surface area (TPSA) is 93.4 Å². The normalized spacial score (nSPS) is 11.9. The first-order chi connectivity index (χ1) is 6.57. The Kier molecular flexibility index (Phi) is 1.80. The fourth-order valence-corrected chi connectivity index (χ4v) is 0.871. The van der Waals surface area contributed by atoms with E-state index in [1.807, 2.05) is 20.8 Å². The van der Waals surface area contributed by atoms with Crippen molar-refractivity contribution in [1.82, 2.24) is 30.8 Å². The Morgan fingerprint density at radius 2 is 2.07 bits per heavy atom. The first kappa shape index (κ1) is 8.79. The highest BCUT2D eigenvalue weighted by Crippen LogP contribution is 2.20. The molecule has 0 fully saturated rings. The monoisotopic (exact) mass is 194 g/mol. The number of nitrogens with one attached hydrogen (secondary N) is 1. The summed E-state index contributed by atoms with van der Waals surface area (Å²) in [6, 6.07) is 0. The highest BCUT2D eigenvalue weighted by Gasteiger charge is 2.22. The molecular weight excluding hydrogens is 184 g/mol. The average molecular weight is 194 g/mol. The van der Waals surface area contributed by atoms with E-state index in [4.69, 9.17) is 4.52 Å². The molecule has 0 aliphatic rings. The zero-order chi connectivity index (χ0) is 10.2. The van der Waals surface area contributed by atoms with Gasteiger partial charge in [-0.2, -0.15) is 10.2 Å². The van der Waals surface area contributed by atoms with Gasteiger partial charge in [0, 0.05) is 5.41 Å². The number of tetrazole rings is 1. The first-order valence-corrected chi connectivity index (χ1v) is 4.15. The van der Waals surface area contributed by atoms with Crippen molar-refractivity contribution >= 4 is 0 Å². The highest BCUT2D eigenvalue weighted by molar-refractivity contribution is 5.37. The van der Waals surface area contributed by atoms with E-state index < -0.39 is 0 Å². The second kappa shape index (κ2) is 2.86. The van der Waals surface area contributed by atoms with Crippen molar-refractivity contribution in [1.29, 1.82) is 0 Å². The third kappa shape index (κ3) is 1.48. The van der Waals surface area contributed by atoms with Gasteiger partial charge in [0.2, 0.25) is 0 Å². The van der Waals surface area contributed by atoms with Crippen LogP contribution in [0, 0.1) is 0 Å². The molecule has 0 radical (unpaired) electrons. The summed E-state index contributed by atoms with van der Waals surface area (Å²) in [5, 5.41) is 17.0. The molecule has 1 N–H and O–H groups in total. The lowest BCUT2D eigenvalue weighted by Crippen LogP contribution is -2.13. The lowest BCUT2D eigenvalue weighted by Gasteiger charge is -2.10. The van der Waals surface area contributed by atoms with E-state index in [2.05, 4.69) is 30.8 Å². The maximum atomic E-state index is 4.99. The molecule has 0 saturated heterocycles. The molecule has 0 spiro atoms. The summed E-state index contributed by atoms with van der Waals surface area (Å²) >= 11 is 0. The molecule has 0 saturated carbocycles. The lowest BCUT2D eigenvalue weighted by molar-refractivity contribution is 0.400. The van der Waals surface area contributed by atoms with E-state index in [-0.39, 0.29) is 11.3 Å². The van der Waals surface area contributed by atoms with Crippen LogP contribution in [0.15, 0.2) is 4.52 Å². The van der Waals surface area contributed by atoms with E-state index in [0.717, 1.165) is 0 Å². The van der Waals surface area contributed by atoms with Crippen LogP contribution in [0.4, 0.5) is 0 Å². The van der Waals surface area contributed by atoms with Crippen LogP contribution in [0.1, 0.15) is 26.6 Å². The minimum atomic E-state index is -0.147. The van der Waals surface area contributed by atoms with Gasteiger partial charge in [0.15, 0.2) is 5.82 Å². The van der Waals surface area contributed by atoms with Crippen molar-refractivity contribution in [3.63, 3.8) is 0 Å². The van der Waals surface area contributed by atoms with E-state index in [1.54, 1.807) is 0 Å². The fourth-order valence-electron chi connectivity index (χ4n) is 0.871. The predicted molar refractivity (Wildman–Crippen MR) is 46.2 cm³/mol. The molecule has 74 valence electrons. The van der Waals surface area contributed by atoms with E-state index >= 15 is 0 Å². The lowest BCUT2D eigenvalue weighted by atomic mass is 9.96. The minimum Gasteiger partial charge on any atom is -0.330 e. The van der Waals surface area contributed by atoms with E-state index in [1.165, 1.54) is 0 Å². The summed E-state index contributed by atoms with van der Waals surface area (Å²) in [5.74, 6) is 1.22. The van der Waals surface area contributed by atoms with Crippen molar-refractivity contribution < 1.29 is 4.52 Å². The molecule has 0 bridgehead atoms. The van der Waals surface area contributed by atoms with Gasteiger partial charge in [-0.25, -0.2) is 0 Å². The van der Waals surface area contributed by atoms with Gasteiger partial charge in [0.05, 0.1) is 0 Å². The van der Waals surface area contributed by atoms with Gasteiger partial charge in [-0.3, -0.25) is 0 Å². The molecule has 2 heterocycles. The van der Waals surface area contributed by atoms with Crippen molar-refractivity contribution in [2.75, 3.05) is 0 Å².